The van der Waals surface area contributed by atoms with Crippen molar-refractivity contribution in [2.45, 2.75) is 19.9 Å². The van der Waals surface area contributed by atoms with Crippen LogP contribution in [-0.2, 0) is 0 Å². The first-order valence-corrected chi connectivity index (χ1v) is 7.16. The predicted molar refractivity (Wildman–Crippen MR) is 89.4 cm³/mol. The number of hydrogen-bond acceptors (Lipinski definition) is 3. The van der Waals surface area contributed by atoms with Crippen molar-refractivity contribution in [3.63, 3.8) is 0 Å². The summed E-state index contributed by atoms with van der Waals surface area (Å²) in [5, 5.41) is 3.37. The standard InChI is InChI=1S/C18H22N2O/c1-13(2)19-17-12-15(20(3)4)10-11-16(17)18(21)14-8-6-5-7-9-14/h5-13,19H,1-4H3. The van der Waals surface area contributed by atoms with Crippen LogP contribution in [0.15, 0.2) is 48.5 Å². The second-order valence-electron chi connectivity index (χ2n) is 5.62. The molecule has 21 heavy (non-hydrogen) atoms. The van der Waals surface area contributed by atoms with Crippen molar-refractivity contribution < 1.29 is 4.79 Å². The Morgan fingerprint density at radius 3 is 2.29 bits per heavy atom. The molecule has 110 valence electrons. The van der Waals surface area contributed by atoms with Gasteiger partial charge in [0, 0.05) is 42.6 Å². The smallest absolute Gasteiger partial charge is 0.195 e. The van der Waals surface area contributed by atoms with E-state index in [0.717, 1.165) is 11.4 Å². The van der Waals surface area contributed by atoms with Gasteiger partial charge in [0.25, 0.3) is 0 Å². The average Bonchev–Trinajstić information content (AvgIpc) is 2.46. The fourth-order valence-electron chi connectivity index (χ4n) is 2.18. The Morgan fingerprint density at radius 2 is 1.71 bits per heavy atom. The van der Waals surface area contributed by atoms with Crippen LogP contribution in [0, 0.1) is 0 Å². The van der Waals surface area contributed by atoms with Gasteiger partial charge in [0.05, 0.1) is 0 Å². The third kappa shape index (κ3) is 3.63. The second kappa shape index (κ2) is 6.44. The lowest BCUT2D eigenvalue weighted by molar-refractivity contribution is 0.103. The molecule has 0 saturated heterocycles. The van der Waals surface area contributed by atoms with E-state index in [9.17, 15) is 4.79 Å². The molecular formula is C18H22N2O. The van der Waals surface area contributed by atoms with Crippen LogP contribution < -0.4 is 10.2 Å². The molecule has 3 nitrogen and oxygen atoms in total. The zero-order valence-corrected chi connectivity index (χ0v) is 13.1. The van der Waals surface area contributed by atoms with Crippen LogP contribution in [0.2, 0.25) is 0 Å². The highest BCUT2D eigenvalue weighted by atomic mass is 16.1. The van der Waals surface area contributed by atoms with Gasteiger partial charge in [-0.1, -0.05) is 30.3 Å². The quantitative estimate of drug-likeness (QED) is 0.847. The average molecular weight is 282 g/mol. The lowest BCUT2D eigenvalue weighted by Gasteiger charge is -2.19. The molecule has 0 radical (unpaired) electrons. The molecule has 3 heteroatoms. The maximum Gasteiger partial charge on any atom is 0.195 e. The molecule has 0 bridgehead atoms. The molecule has 0 aliphatic rings. The minimum absolute atomic E-state index is 0.0454. The molecular weight excluding hydrogens is 260 g/mol. The Morgan fingerprint density at radius 1 is 1.05 bits per heavy atom. The minimum Gasteiger partial charge on any atom is -0.382 e. The maximum atomic E-state index is 12.7. The first-order valence-electron chi connectivity index (χ1n) is 7.16. The van der Waals surface area contributed by atoms with Gasteiger partial charge in [-0.3, -0.25) is 4.79 Å². The fourth-order valence-corrected chi connectivity index (χ4v) is 2.18. The number of anilines is 2. The van der Waals surface area contributed by atoms with Gasteiger partial charge in [-0.15, -0.1) is 0 Å². The van der Waals surface area contributed by atoms with Gasteiger partial charge in [0.2, 0.25) is 0 Å². The van der Waals surface area contributed by atoms with E-state index in [1.807, 2.05) is 67.5 Å². The summed E-state index contributed by atoms with van der Waals surface area (Å²) in [6.45, 7) is 4.14. The number of nitrogens with one attached hydrogen (secondary N) is 1. The van der Waals surface area contributed by atoms with E-state index in [0.29, 0.717) is 11.1 Å². The molecule has 0 saturated carbocycles. The molecule has 0 aliphatic heterocycles. The molecule has 0 aromatic heterocycles. The van der Waals surface area contributed by atoms with Crippen molar-refractivity contribution >= 4 is 17.2 Å². The molecule has 0 amide bonds. The Hall–Kier alpha value is -2.29. The van der Waals surface area contributed by atoms with E-state index in [1.54, 1.807) is 0 Å². The van der Waals surface area contributed by atoms with Gasteiger partial charge < -0.3 is 10.2 Å². The topological polar surface area (TPSA) is 32.3 Å². The summed E-state index contributed by atoms with van der Waals surface area (Å²) < 4.78 is 0. The number of carbonyl (C=O) groups is 1. The number of hydrogen-bond donors (Lipinski definition) is 1. The Balaban J connectivity index is 2.44. The second-order valence-corrected chi connectivity index (χ2v) is 5.62. The molecule has 0 heterocycles. The van der Waals surface area contributed by atoms with E-state index in [-0.39, 0.29) is 11.8 Å². The van der Waals surface area contributed by atoms with Crippen molar-refractivity contribution in [1.82, 2.24) is 0 Å². The van der Waals surface area contributed by atoms with Crippen LogP contribution in [0.5, 0.6) is 0 Å². The SMILES string of the molecule is CC(C)Nc1cc(N(C)C)ccc1C(=O)c1ccccc1. The van der Waals surface area contributed by atoms with Crippen molar-refractivity contribution in [1.29, 1.82) is 0 Å². The highest BCUT2D eigenvalue weighted by molar-refractivity contribution is 6.12. The molecule has 2 aromatic rings. The first kappa shape index (κ1) is 15.1. The van der Waals surface area contributed by atoms with Gasteiger partial charge in [-0.25, -0.2) is 0 Å². The number of carbonyl (C=O) groups excluding carboxylic acids is 1. The Labute approximate surface area is 126 Å². The summed E-state index contributed by atoms with van der Waals surface area (Å²) in [5.74, 6) is 0.0454. The van der Waals surface area contributed by atoms with Crippen LogP contribution in [0.3, 0.4) is 0 Å². The molecule has 0 fully saturated rings. The van der Waals surface area contributed by atoms with Gasteiger partial charge in [0.15, 0.2) is 5.78 Å². The zero-order chi connectivity index (χ0) is 15.4. The molecule has 0 spiro atoms. The van der Waals surface area contributed by atoms with Crippen molar-refractivity contribution in [3.8, 4) is 0 Å². The number of benzene rings is 2. The van der Waals surface area contributed by atoms with Crippen LogP contribution in [0.25, 0.3) is 0 Å². The van der Waals surface area contributed by atoms with E-state index in [2.05, 4.69) is 19.2 Å². The molecule has 1 N–H and O–H groups in total. The monoisotopic (exact) mass is 282 g/mol. The van der Waals surface area contributed by atoms with Crippen LogP contribution in [0.1, 0.15) is 29.8 Å². The number of nitrogens with zero attached hydrogens (tertiary/aromatic N) is 1. The summed E-state index contributed by atoms with van der Waals surface area (Å²) in [5.41, 5.74) is 3.37. The van der Waals surface area contributed by atoms with E-state index in [4.69, 9.17) is 0 Å². The normalized spacial score (nSPS) is 10.5. The van der Waals surface area contributed by atoms with Crippen molar-refractivity contribution in [2.75, 3.05) is 24.3 Å². The summed E-state index contributed by atoms with van der Waals surface area (Å²) in [7, 11) is 3.99. The number of ketones is 1. The third-order valence-electron chi connectivity index (χ3n) is 3.24. The van der Waals surface area contributed by atoms with Crippen LogP contribution in [0.4, 0.5) is 11.4 Å². The number of rotatable bonds is 5. The van der Waals surface area contributed by atoms with Gasteiger partial charge >= 0.3 is 0 Å². The lowest BCUT2D eigenvalue weighted by Crippen LogP contribution is -2.16. The Bertz CT molecular complexity index is 618. The van der Waals surface area contributed by atoms with Crippen molar-refractivity contribution in [2.24, 2.45) is 0 Å². The maximum absolute atomic E-state index is 12.7. The van der Waals surface area contributed by atoms with Gasteiger partial charge in [0.1, 0.15) is 0 Å². The third-order valence-corrected chi connectivity index (χ3v) is 3.24. The molecule has 0 aliphatic carbocycles. The Kier molecular flexibility index (Phi) is 4.63. The zero-order valence-electron chi connectivity index (χ0n) is 13.1. The van der Waals surface area contributed by atoms with E-state index in [1.165, 1.54) is 0 Å². The van der Waals surface area contributed by atoms with Gasteiger partial charge in [-0.05, 0) is 32.0 Å². The molecule has 0 atom stereocenters. The summed E-state index contributed by atoms with van der Waals surface area (Å²) in [6, 6.07) is 15.5. The highest BCUT2D eigenvalue weighted by Crippen LogP contribution is 2.25. The lowest BCUT2D eigenvalue weighted by atomic mass is 10.0. The largest absolute Gasteiger partial charge is 0.382 e. The summed E-state index contributed by atoms with van der Waals surface area (Å²) in [4.78, 5) is 14.7. The van der Waals surface area contributed by atoms with Gasteiger partial charge in [-0.2, -0.15) is 0 Å². The van der Waals surface area contributed by atoms with E-state index >= 15 is 0 Å². The predicted octanol–water partition coefficient (Wildman–Crippen LogP) is 3.80. The fraction of sp³-hybridized carbons (Fsp3) is 0.278. The summed E-state index contributed by atoms with van der Waals surface area (Å²) in [6.07, 6.45) is 0. The molecule has 2 aromatic carbocycles. The molecule has 0 unspecified atom stereocenters. The summed E-state index contributed by atoms with van der Waals surface area (Å²) >= 11 is 0. The van der Waals surface area contributed by atoms with E-state index < -0.39 is 0 Å². The van der Waals surface area contributed by atoms with Crippen LogP contribution in [-0.4, -0.2) is 25.9 Å². The molecule has 2 rings (SSSR count). The highest BCUT2D eigenvalue weighted by Gasteiger charge is 2.15. The first-order chi connectivity index (χ1) is 9.99. The van der Waals surface area contributed by atoms with Crippen molar-refractivity contribution in [3.05, 3.63) is 59.7 Å². The minimum atomic E-state index is 0.0454. The van der Waals surface area contributed by atoms with Crippen LogP contribution >= 0.6 is 0 Å².